The van der Waals surface area contributed by atoms with Gasteiger partial charge in [0.05, 0.1) is 0 Å². The topological polar surface area (TPSA) is 55.1 Å². The molecule has 102 valence electrons. The summed E-state index contributed by atoms with van der Waals surface area (Å²) >= 11 is 6.02. The van der Waals surface area contributed by atoms with E-state index >= 15 is 0 Å². The van der Waals surface area contributed by atoms with Crippen molar-refractivity contribution in [3.05, 3.63) is 18.1 Å². The summed E-state index contributed by atoms with van der Waals surface area (Å²) in [5.41, 5.74) is 0.948. The van der Waals surface area contributed by atoms with Crippen molar-refractivity contribution in [3.8, 4) is 0 Å². The Hall–Kier alpha value is -1.36. The molecule has 19 heavy (non-hydrogen) atoms. The number of alkyl halides is 1. The summed E-state index contributed by atoms with van der Waals surface area (Å²) < 4.78 is 1.75. The zero-order chi connectivity index (χ0) is 13.2. The second-order valence-electron chi connectivity index (χ2n) is 5.24. The zero-order valence-electron chi connectivity index (χ0n) is 11.0. The molecule has 0 saturated heterocycles. The minimum absolute atomic E-state index is 0.641. The largest absolute Gasteiger partial charge is 0.370 e. The normalized spacial score (nSPS) is 23.1. The van der Waals surface area contributed by atoms with Crippen LogP contribution < -0.4 is 5.32 Å². The first-order chi connectivity index (χ1) is 9.28. The molecule has 1 aliphatic carbocycles. The number of rotatable bonds is 4. The highest BCUT2D eigenvalue weighted by molar-refractivity contribution is 6.18. The molecular formula is C13H18ClN5. The summed E-state index contributed by atoms with van der Waals surface area (Å²) in [5, 5.41) is 7.68. The van der Waals surface area contributed by atoms with Crippen LogP contribution in [0.3, 0.4) is 0 Å². The Labute approximate surface area is 117 Å². The number of aromatic nitrogens is 4. The van der Waals surface area contributed by atoms with Crippen molar-refractivity contribution in [2.45, 2.75) is 26.2 Å². The van der Waals surface area contributed by atoms with Gasteiger partial charge in [-0.25, -0.2) is 4.98 Å². The van der Waals surface area contributed by atoms with Crippen molar-refractivity contribution in [2.24, 2.45) is 11.8 Å². The molecular weight excluding hydrogens is 262 g/mol. The van der Waals surface area contributed by atoms with Crippen LogP contribution in [0.1, 0.15) is 25.0 Å². The van der Waals surface area contributed by atoms with Crippen LogP contribution in [0.2, 0.25) is 0 Å². The van der Waals surface area contributed by atoms with Crippen molar-refractivity contribution < 1.29 is 0 Å². The molecule has 1 fully saturated rings. The van der Waals surface area contributed by atoms with Crippen LogP contribution in [-0.4, -0.2) is 32.0 Å². The van der Waals surface area contributed by atoms with E-state index in [1.54, 1.807) is 4.52 Å². The molecule has 0 bridgehead atoms. The number of aryl methyl sites for hydroxylation is 1. The molecule has 1 N–H and O–H groups in total. The molecule has 6 heteroatoms. The van der Waals surface area contributed by atoms with E-state index in [2.05, 4.69) is 20.4 Å². The number of hydrogen-bond acceptors (Lipinski definition) is 4. The fourth-order valence-electron chi connectivity index (χ4n) is 2.88. The number of nitrogens with one attached hydrogen (secondary N) is 1. The molecule has 0 spiro atoms. The average Bonchev–Trinajstić information content (AvgIpc) is 3.03. The first-order valence-corrected chi connectivity index (χ1v) is 7.28. The van der Waals surface area contributed by atoms with E-state index in [4.69, 9.17) is 11.6 Å². The highest BCUT2D eigenvalue weighted by atomic mass is 35.5. The van der Waals surface area contributed by atoms with E-state index in [-0.39, 0.29) is 0 Å². The second-order valence-corrected chi connectivity index (χ2v) is 5.55. The summed E-state index contributed by atoms with van der Waals surface area (Å²) in [4.78, 5) is 8.47. The van der Waals surface area contributed by atoms with Crippen LogP contribution in [0.5, 0.6) is 0 Å². The van der Waals surface area contributed by atoms with Gasteiger partial charge in [-0.05, 0) is 31.6 Å². The molecule has 2 unspecified atom stereocenters. The molecule has 3 rings (SSSR count). The van der Waals surface area contributed by atoms with Gasteiger partial charge in [-0.2, -0.15) is 14.6 Å². The SMILES string of the molecule is Cc1cc(NCC2CCCC2CCl)n2ncnc2n1. The Kier molecular flexibility index (Phi) is 3.55. The minimum Gasteiger partial charge on any atom is -0.370 e. The maximum Gasteiger partial charge on any atom is 0.254 e. The summed E-state index contributed by atoms with van der Waals surface area (Å²) in [7, 11) is 0. The summed E-state index contributed by atoms with van der Waals surface area (Å²) in [6, 6.07) is 2.01. The van der Waals surface area contributed by atoms with Gasteiger partial charge >= 0.3 is 0 Å². The molecule has 0 aliphatic heterocycles. The summed E-state index contributed by atoms with van der Waals surface area (Å²) in [6.45, 7) is 2.91. The number of hydrogen-bond donors (Lipinski definition) is 1. The number of nitrogens with zero attached hydrogens (tertiary/aromatic N) is 4. The number of fused-ring (bicyclic) bond motifs is 1. The van der Waals surface area contributed by atoms with E-state index < -0.39 is 0 Å². The lowest BCUT2D eigenvalue weighted by Gasteiger charge is -2.18. The van der Waals surface area contributed by atoms with Crippen LogP contribution >= 0.6 is 11.6 Å². The predicted octanol–water partition coefficient (Wildman–Crippen LogP) is 2.50. The monoisotopic (exact) mass is 279 g/mol. The predicted molar refractivity (Wildman–Crippen MR) is 75.6 cm³/mol. The third-order valence-corrected chi connectivity index (χ3v) is 4.34. The Morgan fingerprint density at radius 2 is 2.26 bits per heavy atom. The van der Waals surface area contributed by atoms with Crippen LogP contribution in [0.25, 0.3) is 5.78 Å². The van der Waals surface area contributed by atoms with Gasteiger partial charge in [0.15, 0.2) is 0 Å². The van der Waals surface area contributed by atoms with Crippen LogP contribution in [0, 0.1) is 18.8 Å². The second kappa shape index (κ2) is 5.33. The highest BCUT2D eigenvalue weighted by Crippen LogP contribution is 2.32. The van der Waals surface area contributed by atoms with Gasteiger partial charge in [-0.1, -0.05) is 6.42 Å². The maximum atomic E-state index is 6.02. The van der Waals surface area contributed by atoms with E-state index in [0.717, 1.165) is 23.9 Å². The molecule has 1 aliphatic rings. The van der Waals surface area contributed by atoms with Crippen molar-refractivity contribution in [1.82, 2.24) is 19.6 Å². The van der Waals surface area contributed by atoms with E-state index in [9.17, 15) is 0 Å². The van der Waals surface area contributed by atoms with Crippen LogP contribution in [-0.2, 0) is 0 Å². The zero-order valence-corrected chi connectivity index (χ0v) is 11.8. The molecule has 2 heterocycles. The Morgan fingerprint density at radius 1 is 1.42 bits per heavy atom. The lowest BCUT2D eigenvalue weighted by Crippen LogP contribution is -2.20. The fraction of sp³-hybridized carbons (Fsp3) is 0.615. The van der Waals surface area contributed by atoms with Gasteiger partial charge in [-0.15, -0.1) is 11.6 Å². The van der Waals surface area contributed by atoms with Gasteiger partial charge in [0.25, 0.3) is 5.78 Å². The van der Waals surface area contributed by atoms with Crippen LogP contribution in [0.4, 0.5) is 5.82 Å². The molecule has 2 atom stereocenters. The molecule has 5 nitrogen and oxygen atoms in total. The van der Waals surface area contributed by atoms with Crippen molar-refractivity contribution in [2.75, 3.05) is 17.7 Å². The summed E-state index contributed by atoms with van der Waals surface area (Å²) in [6.07, 6.45) is 5.33. The van der Waals surface area contributed by atoms with Crippen LogP contribution in [0.15, 0.2) is 12.4 Å². The smallest absolute Gasteiger partial charge is 0.254 e. The third-order valence-electron chi connectivity index (χ3n) is 3.94. The van der Waals surface area contributed by atoms with Gasteiger partial charge < -0.3 is 5.32 Å². The Morgan fingerprint density at radius 3 is 3.11 bits per heavy atom. The average molecular weight is 280 g/mol. The number of anilines is 1. The van der Waals surface area contributed by atoms with Crippen molar-refractivity contribution in [3.63, 3.8) is 0 Å². The minimum atomic E-state index is 0.641. The molecule has 1 saturated carbocycles. The Bertz CT molecular complexity index is 567. The van der Waals surface area contributed by atoms with E-state index in [1.807, 2.05) is 13.0 Å². The van der Waals surface area contributed by atoms with Gasteiger partial charge in [0.2, 0.25) is 0 Å². The third kappa shape index (κ3) is 2.52. The first-order valence-electron chi connectivity index (χ1n) is 6.75. The maximum absolute atomic E-state index is 6.02. The summed E-state index contributed by atoms with van der Waals surface area (Å²) in [5.74, 6) is 3.66. The first kappa shape index (κ1) is 12.7. The highest BCUT2D eigenvalue weighted by Gasteiger charge is 2.26. The quantitative estimate of drug-likeness (QED) is 0.874. The fourth-order valence-corrected chi connectivity index (χ4v) is 3.28. The molecule has 0 amide bonds. The lowest BCUT2D eigenvalue weighted by atomic mass is 9.98. The lowest BCUT2D eigenvalue weighted by molar-refractivity contribution is 0.443. The standard InChI is InChI=1S/C13H18ClN5/c1-9-5-12(19-13(18-9)16-8-17-19)15-7-11-4-2-3-10(11)6-14/h5,8,10-11,15H,2-4,6-7H2,1H3. The molecule has 2 aromatic heterocycles. The van der Waals surface area contributed by atoms with E-state index in [0.29, 0.717) is 17.6 Å². The van der Waals surface area contributed by atoms with E-state index in [1.165, 1.54) is 25.6 Å². The molecule has 2 aromatic rings. The Balaban J connectivity index is 1.76. The van der Waals surface area contributed by atoms with Gasteiger partial charge in [0.1, 0.15) is 12.1 Å². The van der Waals surface area contributed by atoms with Gasteiger partial charge in [0, 0.05) is 24.2 Å². The van der Waals surface area contributed by atoms with Gasteiger partial charge in [-0.3, -0.25) is 0 Å². The van der Waals surface area contributed by atoms with Crippen molar-refractivity contribution in [1.29, 1.82) is 0 Å². The number of halogens is 1. The molecule has 0 radical (unpaired) electrons. The molecule has 0 aromatic carbocycles. The van der Waals surface area contributed by atoms with Crippen molar-refractivity contribution >= 4 is 23.2 Å².